The van der Waals surface area contributed by atoms with Gasteiger partial charge in [0.05, 0.1) is 6.61 Å². The summed E-state index contributed by atoms with van der Waals surface area (Å²) in [6.07, 6.45) is 7.29. The Kier molecular flexibility index (Phi) is 3.48. The fourth-order valence-corrected chi connectivity index (χ4v) is 1.96. The summed E-state index contributed by atoms with van der Waals surface area (Å²) in [5.74, 6) is 1.04. The summed E-state index contributed by atoms with van der Waals surface area (Å²) in [5.41, 5.74) is 4.84. The maximum Gasteiger partial charge on any atom is 0.122 e. The quantitative estimate of drug-likeness (QED) is 0.703. The molecule has 1 nitrogen and oxygen atoms in total. The standard InChI is InChI=1S/C16H18O/c1-4-13(6-5-12(2)3)14-7-8-16-15(11-14)9-10-17-16/h4-8,11H,2,9-10H2,1,3H3/b6-5-,13-4+. The lowest BCUT2D eigenvalue weighted by Gasteiger charge is -2.05. The van der Waals surface area contributed by atoms with Crippen molar-refractivity contribution in [2.75, 3.05) is 6.61 Å². The second kappa shape index (κ2) is 5.05. The van der Waals surface area contributed by atoms with Gasteiger partial charge in [0.15, 0.2) is 0 Å². The van der Waals surface area contributed by atoms with E-state index in [9.17, 15) is 0 Å². The van der Waals surface area contributed by atoms with Crippen LogP contribution in [0, 0.1) is 0 Å². The molecule has 1 aliphatic rings. The van der Waals surface area contributed by atoms with Crippen LogP contribution in [-0.4, -0.2) is 6.61 Å². The molecule has 0 saturated heterocycles. The summed E-state index contributed by atoms with van der Waals surface area (Å²) in [6, 6.07) is 6.40. The highest BCUT2D eigenvalue weighted by Gasteiger charge is 2.12. The van der Waals surface area contributed by atoms with Crippen molar-refractivity contribution in [1.29, 1.82) is 0 Å². The summed E-state index contributed by atoms with van der Waals surface area (Å²) in [6.45, 7) is 8.75. The second-order valence-electron chi connectivity index (χ2n) is 4.34. The van der Waals surface area contributed by atoms with Gasteiger partial charge < -0.3 is 4.74 Å². The van der Waals surface area contributed by atoms with E-state index in [4.69, 9.17) is 4.74 Å². The largest absolute Gasteiger partial charge is 0.493 e. The Morgan fingerprint density at radius 1 is 1.35 bits per heavy atom. The van der Waals surface area contributed by atoms with E-state index in [-0.39, 0.29) is 0 Å². The van der Waals surface area contributed by atoms with Crippen LogP contribution >= 0.6 is 0 Å². The van der Waals surface area contributed by atoms with E-state index in [1.165, 1.54) is 16.7 Å². The van der Waals surface area contributed by atoms with Crippen LogP contribution in [-0.2, 0) is 6.42 Å². The maximum atomic E-state index is 5.51. The van der Waals surface area contributed by atoms with Crippen molar-refractivity contribution in [3.05, 3.63) is 59.7 Å². The normalized spacial score (nSPS) is 14.8. The van der Waals surface area contributed by atoms with E-state index in [2.05, 4.69) is 43.9 Å². The van der Waals surface area contributed by atoms with Gasteiger partial charge in [0.1, 0.15) is 5.75 Å². The molecular weight excluding hydrogens is 208 g/mol. The smallest absolute Gasteiger partial charge is 0.122 e. The fourth-order valence-electron chi connectivity index (χ4n) is 1.96. The van der Waals surface area contributed by atoms with E-state index in [1.54, 1.807) is 0 Å². The van der Waals surface area contributed by atoms with Crippen LogP contribution in [0.5, 0.6) is 5.75 Å². The molecule has 0 saturated carbocycles. The summed E-state index contributed by atoms with van der Waals surface area (Å²) >= 11 is 0. The number of hydrogen-bond acceptors (Lipinski definition) is 1. The van der Waals surface area contributed by atoms with Gasteiger partial charge in [-0.1, -0.05) is 36.4 Å². The first-order chi connectivity index (χ1) is 8.20. The van der Waals surface area contributed by atoms with E-state index in [0.717, 1.165) is 24.4 Å². The number of ether oxygens (including phenoxy) is 1. The predicted molar refractivity (Wildman–Crippen MR) is 73.2 cm³/mol. The number of benzene rings is 1. The van der Waals surface area contributed by atoms with Crippen molar-refractivity contribution in [3.8, 4) is 5.75 Å². The molecule has 0 spiro atoms. The summed E-state index contributed by atoms with van der Waals surface area (Å²) in [7, 11) is 0. The molecule has 0 unspecified atom stereocenters. The highest BCUT2D eigenvalue weighted by atomic mass is 16.5. The second-order valence-corrected chi connectivity index (χ2v) is 4.34. The molecular formula is C16H18O. The molecule has 0 atom stereocenters. The highest BCUT2D eigenvalue weighted by molar-refractivity contribution is 5.75. The monoisotopic (exact) mass is 226 g/mol. The summed E-state index contributed by atoms with van der Waals surface area (Å²) < 4.78 is 5.51. The van der Waals surface area contributed by atoms with Crippen LogP contribution in [0.15, 0.2) is 48.6 Å². The van der Waals surface area contributed by atoms with Crippen LogP contribution < -0.4 is 4.74 Å². The lowest BCUT2D eigenvalue weighted by atomic mass is 10.0. The van der Waals surface area contributed by atoms with Crippen molar-refractivity contribution in [1.82, 2.24) is 0 Å². The van der Waals surface area contributed by atoms with Gasteiger partial charge in [-0.15, -0.1) is 0 Å². The fraction of sp³-hybridized carbons (Fsp3) is 0.250. The van der Waals surface area contributed by atoms with Crippen LogP contribution in [0.2, 0.25) is 0 Å². The minimum absolute atomic E-state index is 0.811. The number of rotatable bonds is 3. The van der Waals surface area contributed by atoms with E-state index in [1.807, 2.05) is 13.0 Å². The third-order valence-electron chi connectivity index (χ3n) is 2.88. The van der Waals surface area contributed by atoms with Crippen LogP contribution in [0.3, 0.4) is 0 Å². The third-order valence-corrected chi connectivity index (χ3v) is 2.88. The molecule has 1 heterocycles. The van der Waals surface area contributed by atoms with Crippen molar-refractivity contribution in [3.63, 3.8) is 0 Å². The molecule has 1 aromatic carbocycles. The average Bonchev–Trinajstić information content (AvgIpc) is 2.76. The topological polar surface area (TPSA) is 9.23 Å². The minimum atomic E-state index is 0.811. The van der Waals surface area contributed by atoms with Gasteiger partial charge in [-0.3, -0.25) is 0 Å². The first-order valence-corrected chi connectivity index (χ1v) is 5.96. The van der Waals surface area contributed by atoms with Gasteiger partial charge in [-0.05, 0) is 42.7 Å². The molecule has 88 valence electrons. The molecule has 1 aliphatic heterocycles. The molecule has 0 aromatic heterocycles. The third kappa shape index (κ3) is 2.68. The molecule has 1 heteroatoms. The SMILES string of the molecule is C=C(C)/C=C\C(=C/C)c1ccc2c(c1)CCO2. The molecule has 1 aromatic rings. The highest BCUT2D eigenvalue weighted by Crippen LogP contribution is 2.29. The van der Waals surface area contributed by atoms with Crippen molar-refractivity contribution >= 4 is 5.57 Å². The lowest BCUT2D eigenvalue weighted by Crippen LogP contribution is -1.85. The predicted octanol–water partition coefficient (Wildman–Crippen LogP) is 4.16. The van der Waals surface area contributed by atoms with E-state index in [0.29, 0.717) is 0 Å². The van der Waals surface area contributed by atoms with E-state index >= 15 is 0 Å². The molecule has 0 radical (unpaired) electrons. The Morgan fingerprint density at radius 2 is 2.18 bits per heavy atom. The number of hydrogen-bond donors (Lipinski definition) is 0. The first kappa shape index (κ1) is 11.7. The number of allylic oxidation sites excluding steroid dienone is 5. The zero-order valence-corrected chi connectivity index (χ0v) is 10.5. The van der Waals surface area contributed by atoms with Gasteiger partial charge >= 0.3 is 0 Å². The Labute approximate surface area is 103 Å². The molecule has 0 N–H and O–H groups in total. The lowest BCUT2D eigenvalue weighted by molar-refractivity contribution is 0.357. The van der Waals surface area contributed by atoms with Crippen LogP contribution in [0.4, 0.5) is 0 Å². The number of fused-ring (bicyclic) bond motifs is 1. The van der Waals surface area contributed by atoms with Crippen LogP contribution in [0.25, 0.3) is 5.57 Å². The first-order valence-electron chi connectivity index (χ1n) is 5.96. The van der Waals surface area contributed by atoms with Gasteiger partial charge in [0, 0.05) is 6.42 Å². The van der Waals surface area contributed by atoms with Gasteiger partial charge in [-0.25, -0.2) is 0 Å². The molecule has 17 heavy (non-hydrogen) atoms. The van der Waals surface area contributed by atoms with Crippen molar-refractivity contribution < 1.29 is 4.74 Å². The minimum Gasteiger partial charge on any atom is -0.493 e. The molecule has 2 rings (SSSR count). The van der Waals surface area contributed by atoms with Crippen LogP contribution in [0.1, 0.15) is 25.0 Å². The molecule has 0 bridgehead atoms. The molecule has 0 aliphatic carbocycles. The molecule has 0 amide bonds. The van der Waals surface area contributed by atoms with E-state index < -0.39 is 0 Å². The van der Waals surface area contributed by atoms with Gasteiger partial charge in [-0.2, -0.15) is 0 Å². The zero-order valence-electron chi connectivity index (χ0n) is 10.5. The Morgan fingerprint density at radius 3 is 2.88 bits per heavy atom. The Hall–Kier alpha value is -1.76. The van der Waals surface area contributed by atoms with Crippen molar-refractivity contribution in [2.24, 2.45) is 0 Å². The Balaban J connectivity index is 2.29. The van der Waals surface area contributed by atoms with Gasteiger partial charge in [0.25, 0.3) is 0 Å². The van der Waals surface area contributed by atoms with Gasteiger partial charge in [0.2, 0.25) is 0 Å². The van der Waals surface area contributed by atoms with Crippen molar-refractivity contribution in [2.45, 2.75) is 20.3 Å². The Bertz CT molecular complexity index is 492. The maximum absolute atomic E-state index is 5.51. The zero-order chi connectivity index (χ0) is 12.3. The average molecular weight is 226 g/mol. The molecule has 0 fully saturated rings. The summed E-state index contributed by atoms with van der Waals surface area (Å²) in [5, 5.41) is 0. The summed E-state index contributed by atoms with van der Waals surface area (Å²) in [4.78, 5) is 0.